The van der Waals surface area contributed by atoms with Crippen molar-refractivity contribution in [1.82, 2.24) is 15.0 Å². The van der Waals surface area contributed by atoms with E-state index in [0.717, 1.165) is 29.3 Å². The molecule has 2 aromatic heterocycles. The fourth-order valence-corrected chi connectivity index (χ4v) is 6.61. The van der Waals surface area contributed by atoms with Crippen LogP contribution in [0.2, 0.25) is 0 Å². The van der Waals surface area contributed by atoms with Gasteiger partial charge >= 0.3 is 0 Å². The van der Waals surface area contributed by atoms with Gasteiger partial charge in [0.25, 0.3) is 0 Å². The van der Waals surface area contributed by atoms with Gasteiger partial charge in [-0.3, -0.25) is 4.90 Å². The standard InChI is InChI=1S/C35H24N4/c1-3-13-26-24(11-1)23-25-12-2-4-14-27(25)35(26)28-15-5-7-18-31(28)39(32-19-8-6-16-29(32)35)33-20-9-17-30(38-33)34-36-21-10-22-37-34/h1-22H,23H2. The largest absolute Gasteiger partial charge is 0.294 e. The molecule has 3 heterocycles. The summed E-state index contributed by atoms with van der Waals surface area (Å²) in [6.45, 7) is 0. The molecule has 6 aromatic rings. The Bertz CT molecular complexity index is 1770. The SMILES string of the molecule is c1cnc(-c2cccc(N3c4ccccc4C4(c5ccccc5Cc5ccccc54)c4ccccc43)n2)nc1. The van der Waals surface area contributed by atoms with Crippen molar-refractivity contribution in [3.63, 3.8) is 0 Å². The lowest BCUT2D eigenvalue weighted by molar-refractivity contribution is 0.692. The summed E-state index contributed by atoms with van der Waals surface area (Å²) in [6, 6.07) is 43.4. The minimum atomic E-state index is -0.435. The Labute approximate surface area is 227 Å². The summed E-state index contributed by atoms with van der Waals surface area (Å²) >= 11 is 0. The van der Waals surface area contributed by atoms with E-state index in [1.165, 1.54) is 33.4 Å². The molecule has 0 amide bonds. The second kappa shape index (κ2) is 8.47. The molecule has 1 aliphatic carbocycles. The number of hydrogen-bond acceptors (Lipinski definition) is 4. The van der Waals surface area contributed by atoms with Gasteiger partial charge in [-0.05, 0) is 70.1 Å². The number of nitrogens with zero attached hydrogens (tertiary/aromatic N) is 4. The van der Waals surface area contributed by atoms with Crippen molar-refractivity contribution in [3.05, 3.63) is 167 Å². The van der Waals surface area contributed by atoms with Gasteiger partial charge < -0.3 is 0 Å². The molecule has 0 N–H and O–H groups in total. The lowest BCUT2D eigenvalue weighted by Crippen LogP contribution is -2.41. The van der Waals surface area contributed by atoms with Gasteiger partial charge in [-0.2, -0.15) is 0 Å². The smallest absolute Gasteiger partial charge is 0.178 e. The molecular weight excluding hydrogens is 476 g/mol. The highest BCUT2D eigenvalue weighted by Crippen LogP contribution is 2.59. The molecule has 184 valence electrons. The second-order valence-electron chi connectivity index (χ2n) is 10.1. The number of aromatic nitrogens is 3. The average molecular weight is 501 g/mol. The lowest BCUT2D eigenvalue weighted by atomic mass is 9.58. The molecule has 0 atom stereocenters. The normalized spacial score (nSPS) is 14.2. The van der Waals surface area contributed by atoms with Gasteiger partial charge in [0.2, 0.25) is 0 Å². The number of para-hydroxylation sites is 2. The number of anilines is 3. The maximum absolute atomic E-state index is 5.09. The summed E-state index contributed by atoms with van der Waals surface area (Å²) < 4.78 is 0. The van der Waals surface area contributed by atoms with E-state index in [4.69, 9.17) is 4.98 Å². The third kappa shape index (κ3) is 3.09. The molecule has 4 nitrogen and oxygen atoms in total. The molecular formula is C35H24N4. The van der Waals surface area contributed by atoms with Gasteiger partial charge in [0.05, 0.1) is 16.8 Å². The van der Waals surface area contributed by atoms with Crippen molar-refractivity contribution in [3.8, 4) is 11.5 Å². The first-order valence-corrected chi connectivity index (χ1v) is 13.3. The van der Waals surface area contributed by atoms with Crippen LogP contribution in [0, 0.1) is 0 Å². The fraction of sp³-hybridized carbons (Fsp3) is 0.0571. The molecule has 8 rings (SSSR count). The predicted octanol–water partition coefficient (Wildman–Crippen LogP) is 7.61. The van der Waals surface area contributed by atoms with E-state index in [-0.39, 0.29) is 0 Å². The van der Waals surface area contributed by atoms with Gasteiger partial charge in [0.15, 0.2) is 5.82 Å². The molecule has 4 heteroatoms. The van der Waals surface area contributed by atoms with Crippen molar-refractivity contribution in [1.29, 1.82) is 0 Å². The fourth-order valence-electron chi connectivity index (χ4n) is 6.61. The van der Waals surface area contributed by atoms with Crippen molar-refractivity contribution in [2.24, 2.45) is 0 Å². The quantitative estimate of drug-likeness (QED) is 0.245. The number of pyridine rings is 1. The van der Waals surface area contributed by atoms with Crippen LogP contribution in [0.15, 0.2) is 134 Å². The number of rotatable bonds is 2. The number of benzene rings is 4. The summed E-state index contributed by atoms with van der Waals surface area (Å²) in [5.41, 5.74) is 10.5. The number of fused-ring (bicyclic) bond motifs is 8. The summed E-state index contributed by atoms with van der Waals surface area (Å²) in [4.78, 5) is 16.3. The Morgan fingerprint density at radius 1 is 0.513 bits per heavy atom. The second-order valence-corrected chi connectivity index (χ2v) is 10.1. The summed E-state index contributed by atoms with van der Waals surface area (Å²) in [5.74, 6) is 1.46. The van der Waals surface area contributed by atoms with Gasteiger partial charge in [-0.15, -0.1) is 0 Å². The highest BCUT2D eigenvalue weighted by atomic mass is 15.2. The van der Waals surface area contributed by atoms with Crippen LogP contribution in [0.4, 0.5) is 17.2 Å². The third-order valence-corrected chi connectivity index (χ3v) is 8.08. The first kappa shape index (κ1) is 21.9. The van der Waals surface area contributed by atoms with Crippen molar-refractivity contribution in [2.45, 2.75) is 11.8 Å². The van der Waals surface area contributed by atoms with Crippen molar-refractivity contribution in [2.75, 3.05) is 4.90 Å². The Hall–Kier alpha value is -5.09. The molecule has 0 radical (unpaired) electrons. The molecule has 0 unspecified atom stereocenters. The zero-order valence-corrected chi connectivity index (χ0v) is 21.2. The molecule has 0 bridgehead atoms. The van der Waals surface area contributed by atoms with E-state index in [2.05, 4.69) is 118 Å². The van der Waals surface area contributed by atoms with E-state index in [1.54, 1.807) is 12.4 Å². The summed E-state index contributed by atoms with van der Waals surface area (Å²) in [5, 5.41) is 0. The van der Waals surface area contributed by atoms with E-state index >= 15 is 0 Å². The van der Waals surface area contributed by atoms with Crippen LogP contribution in [0.25, 0.3) is 11.5 Å². The van der Waals surface area contributed by atoms with E-state index in [9.17, 15) is 0 Å². The first-order valence-electron chi connectivity index (χ1n) is 13.3. The maximum atomic E-state index is 5.09. The predicted molar refractivity (Wildman–Crippen MR) is 155 cm³/mol. The minimum absolute atomic E-state index is 0.435. The van der Waals surface area contributed by atoms with Crippen LogP contribution in [0.3, 0.4) is 0 Å². The monoisotopic (exact) mass is 500 g/mol. The van der Waals surface area contributed by atoms with Crippen LogP contribution in [-0.2, 0) is 11.8 Å². The maximum Gasteiger partial charge on any atom is 0.178 e. The third-order valence-electron chi connectivity index (χ3n) is 8.08. The highest BCUT2D eigenvalue weighted by molar-refractivity contribution is 5.89. The number of hydrogen-bond donors (Lipinski definition) is 0. The Morgan fingerprint density at radius 2 is 1.05 bits per heavy atom. The zero-order chi connectivity index (χ0) is 25.8. The molecule has 39 heavy (non-hydrogen) atoms. The van der Waals surface area contributed by atoms with Gasteiger partial charge in [-0.25, -0.2) is 15.0 Å². The van der Waals surface area contributed by atoms with Crippen LogP contribution < -0.4 is 4.90 Å². The molecule has 1 aliphatic heterocycles. The summed E-state index contributed by atoms with van der Waals surface area (Å²) in [6.07, 6.45) is 4.44. The van der Waals surface area contributed by atoms with E-state index in [0.29, 0.717) is 5.82 Å². The van der Waals surface area contributed by atoms with Crippen LogP contribution in [-0.4, -0.2) is 15.0 Å². The van der Waals surface area contributed by atoms with E-state index in [1.807, 2.05) is 18.2 Å². The van der Waals surface area contributed by atoms with E-state index < -0.39 is 5.41 Å². The van der Waals surface area contributed by atoms with Gasteiger partial charge in [0.1, 0.15) is 11.5 Å². The molecule has 0 fully saturated rings. The average Bonchev–Trinajstić information content (AvgIpc) is 3.01. The summed E-state index contributed by atoms with van der Waals surface area (Å²) in [7, 11) is 0. The molecule has 0 saturated heterocycles. The van der Waals surface area contributed by atoms with Gasteiger partial charge in [0, 0.05) is 12.4 Å². The van der Waals surface area contributed by atoms with Gasteiger partial charge in [-0.1, -0.05) is 91.0 Å². The Balaban J connectivity index is 1.46. The Morgan fingerprint density at radius 3 is 1.67 bits per heavy atom. The van der Waals surface area contributed by atoms with Crippen molar-refractivity contribution >= 4 is 17.2 Å². The zero-order valence-electron chi connectivity index (χ0n) is 21.2. The van der Waals surface area contributed by atoms with Crippen molar-refractivity contribution < 1.29 is 0 Å². The van der Waals surface area contributed by atoms with Crippen LogP contribution in [0.1, 0.15) is 33.4 Å². The Kier molecular flexibility index (Phi) is 4.76. The lowest BCUT2D eigenvalue weighted by Gasteiger charge is -2.49. The first-order chi connectivity index (χ1) is 19.4. The molecule has 4 aromatic carbocycles. The molecule has 1 spiro atoms. The molecule has 0 saturated carbocycles. The van der Waals surface area contributed by atoms with Crippen LogP contribution >= 0.6 is 0 Å². The van der Waals surface area contributed by atoms with Crippen LogP contribution in [0.5, 0.6) is 0 Å². The minimum Gasteiger partial charge on any atom is -0.294 e. The highest BCUT2D eigenvalue weighted by Gasteiger charge is 2.49. The topological polar surface area (TPSA) is 41.9 Å². The molecule has 2 aliphatic rings.